The maximum atomic E-state index is 12.2. The molecule has 0 fully saturated rings. The number of pyridine rings is 1. The number of phenols is 1. The van der Waals surface area contributed by atoms with E-state index in [1.54, 1.807) is 25.1 Å². The second-order valence-corrected chi connectivity index (χ2v) is 6.74. The molecule has 0 spiro atoms. The molecule has 0 radical (unpaired) electrons. The van der Waals surface area contributed by atoms with Crippen molar-refractivity contribution in [2.75, 3.05) is 13.7 Å². The Kier molecular flexibility index (Phi) is 4.06. The monoisotopic (exact) mass is 368 g/mol. The summed E-state index contributed by atoms with van der Waals surface area (Å²) in [6, 6.07) is 5.90. The first-order valence-electron chi connectivity index (χ1n) is 6.91. The van der Waals surface area contributed by atoms with Gasteiger partial charge in [0.1, 0.15) is 17.0 Å². The molecule has 2 heterocycles. The Labute approximate surface area is 143 Å². The summed E-state index contributed by atoms with van der Waals surface area (Å²) in [7, 11) is -2.69. The zero-order valence-electron chi connectivity index (χ0n) is 12.8. The van der Waals surface area contributed by atoms with Gasteiger partial charge in [0, 0.05) is 11.9 Å². The molecule has 0 saturated heterocycles. The zero-order chi connectivity index (χ0) is 17.5. The highest BCUT2D eigenvalue weighted by atomic mass is 35.5. The number of rotatable bonds is 2. The predicted molar refractivity (Wildman–Crippen MR) is 90.7 cm³/mol. The van der Waals surface area contributed by atoms with Crippen LogP contribution < -0.4 is 0 Å². The molecule has 126 valence electrons. The highest BCUT2D eigenvalue weighted by Crippen LogP contribution is 2.30. The molecule has 24 heavy (non-hydrogen) atoms. The molecule has 1 aromatic carbocycles. The number of benzene rings is 1. The first-order valence-corrected chi connectivity index (χ1v) is 8.68. The molecule has 0 amide bonds. The number of methoxy groups -OCH3 is 1. The molecule has 8 nitrogen and oxygen atoms in total. The number of hydrogen-bond donors (Lipinski definition) is 1. The van der Waals surface area contributed by atoms with Crippen molar-refractivity contribution < 1.29 is 18.3 Å². The van der Waals surface area contributed by atoms with Crippen LogP contribution in [-0.4, -0.2) is 48.3 Å². The van der Waals surface area contributed by atoms with Gasteiger partial charge >= 0.3 is 16.2 Å². The van der Waals surface area contributed by atoms with E-state index in [0.29, 0.717) is 10.4 Å². The zero-order valence-corrected chi connectivity index (χ0v) is 14.3. The van der Waals surface area contributed by atoms with Crippen molar-refractivity contribution in [2.24, 2.45) is 9.39 Å². The van der Waals surface area contributed by atoms with E-state index in [0.717, 1.165) is 4.31 Å². The Bertz CT molecular complexity index is 988. The van der Waals surface area contributed by atoms with Crippen molar-refractivity contribution in [3.8, 4) is 5.75 Å². The van der Waals surface area contributed by atoms with Gasteiger partial charge in [0.05, 0.1) is 12.1 Å². The number of halogens is 1. The fourth-order valence-electron chi connectivity index (χ4n) is 2.30. The smallest absolute Gasteiger partial charge is 0.350 e. The average Bonchev–Trinajstić information content (AvgIpc) is 2.56. The number of aromatic hydroxyl groups is 1. The lowest BCUT2D eigenvalue weighted by molar-refractivity contribution is 0.394. The van der Waals surface area contributed by atoms with Crippen molar-refractivity contribution in [1.82, 2.24) is 9.29 Å². The number of fused-ring (bicyclic) bond motifs is 1. The van der Waals surface area contributed by atoms with Crippen LogP contribution in [0.1, 0.15) is 12.6 Å². The maximum absolute atomic E-state index is 12.2. The van der Waals surface area contributed by atoms with Gasteiger partial charge in [0.2, 0.25) is 0 Å². The van der Waals surface area contributed by atoms with E-state index in [1.165, 1.54) is 13.2 Å². The van der Waals surface area contributed by atoms with Gasteiger partial charge in [-0.05, 0) is 31.2 Å². The summed E-state index contributed by atoms with van der Waals surface area (Å²) >= 11 is 6.09. The minimum Gasteiger partial charge on any atom is -0.506 e. The van der Waals surface area contributed by atoms with Crippen molar-refractivity contribution >= 4 is 44.6 Å². The van der Waals surface area contributed by atoms with Crippen LogP contribution in [0.15, 0.2) is 33.7 Å². The fraction of sp³-hybridized carbons (Fsp3) is 0.214. The van der Waals surface area contributed by atoms with E-state index in [-0.39, 0.29) is 35.4 Å². The first-order chi connectivity index (χ1) is 11.4. The molecule has 10 heteroatoms. The van der Waals surface area contributed by atoms with E-state index >= 15 is 0 Å². The summed E-state index contributed by atoms with van der Waals surface area (Å²) < 4.78 is 33.8. The molecule has 1 aromatic heterocycles. The van der Waals surface area contributed by atoms with Crippen molar-refractivity contribution in [3.63, 3.8) is 0 Å². The molecule has 0 atom stereocenters. The number of nitrogens with zero attached hydrogens (tertiary/aromatic N) is 4. The minimum absolute atomic E-state index is 0.0608. The van der Waals surface area contributed by atoms with E-state index in [1.807, 2.05) is 0 Å². The quantitative estimate of drug-likeness (QED) is 0.871. The van der Waals surface area contributed by atoms with Crippen LogP contribution >= 0.6 is 11.6 Å². The van der Waals surface area contributed by atoms with Gasteiger partial charge in [-0.25, -0.2) is 9.29 Å². The van der Waals surface area contributed by atoms with Gasteiger partial charge in [-0.15, -0.1) is 0 Å². The predicted octanol–water partition coefficient (Wildman–Crippen LogP) is 1.92. The number of aliphatic imine (C=N–C) groups is 1. The normalized spacial score (nSPS) is 16.7. The maximum Gasteiger partial charge on any atom is 0.350 e. The Balaban J connectivity index is 2.23. The summed E-state index contributed by atoms with van der Waals surface area (Å²) in [4.78, 5) is 8.40. The second-order valence-electron chi connectivity index (χ2n) is 4.82. The van der Waals surface area contributed by atoms with Crippen LogP contribution in [0.3, 0.4) is 0 Å². The Morgan fingerprint density at radius 2 is 2.04 bits per heavy atom. The Morgan fingerprint density at radius 3 is 2.71 bits per heavy atom. The average molecular weight is 369 g/mol. The van der Waals surface area contributed by atoms with E-state index in [2.05, 4.69) is 14.4 Å². The Morgan fingerprint density at radius 1 is 1.29 bits per heavy atom. The molecule has 0 aliphatic carbocycles. The molecular weight excluding hydrogens is 356 g/mol. The van der Waals surface area contributed by atoms with Gasteiger partial charge in [-0.3, -0.25) is 0 Å². The lowest BCUT2D eigenvalue weighted by atomic mass is 10.2. The summed E-state index contributed by atoms with van der Waals surface area (Å²) in [5, 5.41) is 11.0. The molecule has 1 aliphatic rings. The largest absolute Gasteiger partial charge is 0.506 e. The molecule has 0 saturated carbocycles. The highest BCUT2D eigenvalue weighted by molar-refractivity contribution is 7.88. The van der Waals surface area contributed by atoms with E-state index in [9.17, 15) is 13.5 Å². The molecular formula is C14H13ClN4O4S. The van der Waals surface area contributed by atoms with E-state index in [4.69, 9.17) is 16.3 Å². The molecule has 1 N–H and O–H groups in total. The minimum atomic E-state index is -3.97. The summed E-state index contributed by atoms with van der Waals surface area (Å²) in [5.74, 6) is -0.00942. The van der Waals surface area contributed by atoms with Crippen LogP contribution in [-0.2, 0) is 14.9 Å². The lowest BCUT2D eigenvalue weighted by Crippen LogP contribution is -2.40. The molecule has 0 unspecified atom stereocenters. The number of amidine groups is 2. The van der Waals surface area contributed by atoms with Crippen LogP contribution in [0.2, 0.25) is 5.02 Å². The first kappa shape index (κ1) is 16.5. The highest BCUT2D eigenvalue weighted by Gasteiger charge is 2.31. The SMILES string of the molecule is CCN1C(c2ccc3c(Cl)ccc(O)c3n2)=NC(OC)=NS1(=O)=O. The third-order valence-corrected chi connectivity index (χ3v) is 5.10. The molecule has 2 aromatic rings. The van der Waals surface area contributed by atoms with Crippen molar-refractivity contribution in [1.29, 1.82) is 0 Å². The summed E-state index contributed by atoms with van der Waals surface area (Å²) in [6.45, 7) is 1.76. The topological polar surface area (TPSA) is 104 Å². The van der Waals surface area contributed by atoms with Gasteiger partial charge in [0.25, 0.3) is 0 Å². The molecule has 3 rings (SSSR count). The number of hydrogen-bond acceptors (Lipinski definition) is 6. The van der Waals surface area contributed by atoms with Gasteiger partial charge in [-0.1, -0.05) is 16.0 Å². The van der Waals surface area contributed by atoms with Gasteiger partial charge in [0.15, 0.2) is 5.84 Å². The van der Waals surface area contributed by atoms with Crippen LogP contribution in [0.5, 0.6) is 5.75 Å². The third-order valence-electron chi connectivity index (χ3n) is 3.39. The standard InChI is InChI=1S/C14H13ClN4O4S/c1-3-19-13(17-14(23-2)18-24(19,21)22)10-6-4-8-9(15)5-7-11(20)12(8)16-10/h4-7,20H,3H2,1-2H3. The van der Waals surface area contributed by atoms with Crippen molar-refractivity contribution in [2.45, 2.75) is 6.92 Å². The summed E-state index contributed by atoms with van der Waals surface area (Å²) in [6.07, 6.45) is 0. The second kappa shape index (κ2) is 5.91. The number of phenolic OH excluding ortho intramolecular Hbond substituents is 1. The van der Waals surface area contributed by atoms with Gasteiger partial charge in [-0.2, -0.15) is 13.4 Å². The van der Waals surface area contributed by atoms with E-state index < -0.39 is 10.2 Å². The molecule has 1 aliphatic heterocycles. The lowest BCUT2D eigenvalue weighted by Gasteiger charge is -2.24. The van der Waals surface area contributed by atoms with Gasteiger partial charge < -0.3 is 9.84 Å². The molecule has 0 bridgehead atoms. The van der Waals surface area contributed by atoms with Crippen LogP contribution in [0, 0.1) is 0 Å². The summed E-state index contributed by atoms with van der Waals surface area (Å²) in [5.41, 5.74) is 0.493. The number of ether oxygens (including phenoxy) is 1. The third kappa shape index (κ3) is 2.65. The van der Waals surface area contributed by atoms with Crippen LogP contribution in [0.25, 0.3) is 10.9 Å². The van der Waals surface area contributed by atoms with Crippen LogP contribution in [0.4, 0.5) is 0 Å². The number of aromatic nitrogens is 1. The Hall–Kier alpha value is -2.39. The fourth-order valence-corrected chi connectivity index (χ4v) is 3.60. The van der Waals surface area contributed by atoms with Crippen molar-refractivity contribution in [3.05, 3.63) is 35.0 Å².